The van der Waals surface area contributed by atoms with Gasteiger partial charge >= 0.3 is 0 Å². The number of thiocarbonyl (C=S) groups is 2. The maximum atomic E-state index is 5.35. The molecular formula is C8H20N2S8. The molecule has 0 rings (SSSR count). The summed E-state index contributed by atoms with van der Waals surface area (Å²) in [7, 11) is 4.50. The van der Waals surface area contributed by atoms with Crippen molar-refractivity contribution < 1.29 is 0 Å². The quantitative estimate of drug-likeness (QED) is 0.326. The first-order valence-corrected chi connectivity index (χ1v) is 13.5. The Morgan fingerprint density at radius 1 is 0.778 bits per heavy atom. The van der Waals surface area contributed by atoms with Gasteiger partial charge in [-0.1, -0.05) is 40.6 Å². The van der Waals surface area contributed by atoms with Gasteiger partial charge in [0, 0.05) is 39.7 Å². The van der Waals surface area contributed by atoms with E-state index in [0.717, 1.165) is 20.1 Å². The van der Waals surface area contributed by atoms with Crippen LogP contribution in [0.15, 0.2) is 0 Å². The van der Waals surface area contributed by atoms with E-state index in [1.165, 1.54) is 0 Å². The van der Waals surface area contributed by atoms with Gasteiger partial charge in [-0.05, 0) is 0 Å². The highest BCUT2D eigenvalue weighted by Crippen LogP contribution is 2.65. The van der Waals surface area contributed by atoms with Gasteiger partial charge < -0.3 is 9.80 Å². The van der Waals surface area contributed by atoms with Gasteiger partial charge in [0.2, 0.25) is 0 Å². The first-order chi connectivity index (χ1) is 7.92. The zero-order valence-corrected chi connectivity index (χ0v) is 17.6. The highest BCUT2D eigenvalue weighted by Gasteiger charge is 2.28. The van der Waals surface area contributed by atoms with Crippen molar-refractivity contribution in [3.63, 3.8) is 0 Å². The Hall–Kier alpha value is 1.88. The number of rotatable bonds is 3. The van der Waals surface area contributed by atoms with E-state index in [1.54, 1.807) is 0 Å². The number of hydrogen-bond donors (Lipinski definition) is 4. The van der Waals surface area contributed by atoms with E-state index in [9.17, 15) is 0 Å². The number of hydrogen-bond acceptors (Lipinski definition) is 6. The van der Waals surface area contributed by atoms with Gasteiger partial charge in [0.05, 0.1) is 0 Å². The lowest BCUT2D eigenvalue weighted by atomic mass is 10.9. The lowest BCUT2D eigenvalue weighted by Crippen LogP contribution is -2.26. The summed E-state index contributed by atoms with van der Waals surface area (Å²) in [5.41, 5.74) is 0. The minimum absolute atomic E-state index is 0.743. The van der Waals surface area contributed by atoms with Crippen LogP contribution in [-0.4, -0.2) is 58.1 Å². The molecule has 0 radical (unpaired) electrons. The molecule has 0 spiro atoms. The second-order valence-corrected chi connectivity index (χ2v) is 18.8. The average Bonchev–Trinajstić information content (AvgIpc) is 2.24. The molecule has 0 unspecified atom stereocenters. The van der Waals surface area contributed by atoms with Gasteiger partial charge in [0.15, 0.2) is 0 Å². The minimum Gasteiger partial charge on any atom is -0.364 e. The molecule has 0 N–H and O–H groups in total. The molecule has 0 aliphatic rings. The Morgan fingerprint density at radius 2 is 1.00 bits per heavy atom. The van der Waals surface area contributed by atoms with Crippen molar-refractivity contribution in [3.8, 4) is 0 Å². The molecule has 0 fully saturated rings. The molecule has 0 heterocycles. The van der Waals surface area contributed by atoms with Crippen molar-refractivity contribution in [3.05, 3.63) is 0 Å². The minimum atomic E-state index is -1.56. The summed E-state index contributed by atoms with van der Waals surface area (Å²) in [5, 5.41) is 0. The van der Waals surface area contributed by atoms with Crippen LogP contribution in [0.4, 0.5) is 0 Å². The lowest BCUT2D eigenvalue weighted by molar-refractivity contribution is 0.647. The Kier molecular flexibility index (Phi) is 8.58. The zero-order valence-electron chi connectivity index (χ0n) is 10.7. The molecule has 2 nitrogen and oxygen atoms in total. The Bertz CT molecular complexity index is 293. The van der Waals surface area contributed by atoms with Crippen LogP contribution in [0.2, 0.25) is 0 Å². The lowest BCUT2D eigenvalue weighted by Gasteiger charge is -2.38. The standard InChI is InChI=1S/C8H20N2S8/c1-9(2)7(11)17(13,14)5-6-18(15,16)8(12)10(3)4/h13-16H,5-6H2,1-4H3. The van der Waals surface area contributed by atoms with E-state index in [-0.39, 0.29) is 0 Å². The Labute approximate surface area is 144 Å². The van der Waals surface area contributed by atoms with Crippen LogP contribution in [-0.2, 0) is 0 Å². The van der Waals surface area contributed by atoms with Crippen LogP contribution in [0.1, 0.15) is 0 Å². The normalized spacial score (nSPS) is 14.0. The van der Waals surface area contributed by atoms with E-state index in [4.69, 9.17) is 24.4 Å². The summed E-state index contributed by atoms with van der Waals surface area (Å²) in [6.07, 6.45) is 0. The van der Waals surface area contributed by atoms with Crippen molar-refractivity contribution in [1.29, 1.82) is 0 Å². The number of thiol groups is 4. The van der Waals surface area contributed by atoms with E-state index in [2.05, 4.69) is 46.6 Å². The van der Waals surface area contributed by atoms with Crippen molar-refractivity contribution >= 4 is 95.9 Å². The smallest absolute Gasteiger partial charge is 0.136 e. The molecule has 110 valence electrons. The third-order valence-corrected chi connectivity index (χ3v) is 13.8. The molecule has 0 bridgehead atoms. The van der Waals surface area contributed by atoms with Crippen LogP contribution in [0, 0.1) is 0 Å². The average molecular weight is 401 g/mol. The van der Waals surface area contributed by atoms with Crippen molar-refractivity contribution in [2.45, 2.75) is 0 Å². The first kappa shape index (κ1) is 19.9. The fourth-order valence-corrected chi connectivity index (χ4v) is 9.51. The third kappa shape index (κ3) is 6.11. The van der Waals surface area contributed by atoms with Crippen molar-refractivity contribution in [2.75, 3.05) is 39.7 Å². The highest BCUT2D eigenvalue weighted by atomic mass is 33.5. The van der Waals surface area contributed by atoms with Gasteiger partial charge in [0.1, 0.15) is 8.64 Å². The predicted molar refractivity (Wildman–Crippen MR) is 113 cm³/mol. The summed E-state index contributed by atoms with van der Waals surface area (Å²) in [6, 6.07) is 0. The molecule has 0 saturated carbocycles. The highest BCUT2D eigenvalue weighted by molar-refractivity contribution is 9.25. The van der Waals surface area contributed by atoms with Crippen LogP contribution >= 0.6 is 87.3 Å². The van der Waals surface area contributed by atoms with Crippen molar-refractivity contribution in [1.82, 2.24) is 9.80 Å². The molecule has 0 saturated heterocycles. The molecule has 0 aromatic carbocycles. The summed E-state index contributed by atoms with van der Waals surface area (Å²) < 4.78 is 1.53. The van der Waals surface area contributed by atoms with E-state index in [0.29, 0.717) is 0 Å². The molecule has 0 amide bonds. The zero-order chi connectivity index (χ0) is 14.7. The summed E-state index contributed by atoms with van der Waals surface area (Å²) >= 11 is 29.1. The van der Waals surface area contributed by atoms with E-state index < -0.39 is 16.2 Å². The maximum absolute atomic E-state index is 5.35. The largest absolute Gasteiger partial charge is 0.364 e. The molecule has 0 aromatic rings. The second-order valence-electron chi connectivity index (χ2n) is 4.06. The molecule has 0 aromatic heterocycles. The molecule has 10 heteroatoms. The molecular weight excluding hydrogens is 381 g/mol. The predicted octanol–water partition coefficient (Wildman–Crippen LogP) is 3.67. The van der Waals surface area contributed by atoms with Crippen molar-refractivity contribution in [2.24, 2.45) is 0 Å². The summed E-state index contributed by atoms with van der Waals surface area (Å²) in [6.45, 7) is 0. The van der Waals surface area contributed by atoms with Crippen LogP contribution in [0.5, 0.6) is 0 Å². The third-order valence-electron chi connectivity index (χ3n) is 1.94. The summed E-state index contributed by atoms with van der Waals surface area (Å²) in [4.78, 5) is 3.76. The maximum Gasteiger partial charge on any atom is 0.136 e. The summed E-state index contributed by atoms with van der Waals surface area (Å²) in [5.74, 6) is 1.49. The van der Waals surface area contributed by atoms with Crippen LogP contribution in [0.3, 0.4) is 0 Å². The fraction of sp³-hybridized carbons (Fsp3) is 0.750. The van der Waals surface area contributed by atoms with Gasteiger partial charge in [-0.25, -0.2) is 0 Å². The van der Waals surface area contributed by atoms with E-state index >= 15 is 0 Å². The fourth-order valence-electron chi connectivity index (χ4n) is 0.992. The first-order valence-electron chi connectivity index (χ1n) is 4.86. The second kappa shape index (κ2) is 7.77. The Morgan fingerprint density at radius 3 is 1.17 bits per heavy atom. The number of nitrogens with zero attached hydrogens (tertiary/aromatic N) is 2. The van der Waals surface area contributed by atoms with Gasteiger partial charge in [-0.15, -0.1) is 46.6 Å². The molecule has 0 aliphatic carbocycles. The topological polar surface area (TPSA) is 6.48 Å². The molecule has 0 atom stereocenters. The van der Waals surface area contributed by atoms with Gasteiger partial charge in [0.25, 0.3) is 0 Å². The van der Waals surface area contributed by atoms with Gasteiger partial charge in [-0.2, -0.15) is 0 Å². The monoisotopic (exact) mass is 400 g/mol. The van der Waals surface area contributed by atoms with E-state index in [1.807, 2.05) is 38.0 Å². The Balaban J connectivity index is 4.66. The SMILES string of the molecule is CN(C)C(=S)S(S)(S)CCS(S)(S)C(=S)N(C)C. The molecule has 18 heavy (non-hydrogen) atoms. The van der Waals surface area contributed by atoms with Crippen LogP contribution < -0.4 is 0 Å². The molecule has 0 aliphatic heterocycles. The van der Waals surface area contributed by atoms with Crippen LogP contribution in [0.25, 0.3) is 0 Å². The van der Waals surface area contributed by atoms with Gasteiger partial charge in [-0.3, -0.25) is 0 Å².